The lowest BCUT2D eigenvalue weighted by atomic mass is 9.78. The number of aryl methyl sites for hydroxylation is 1. The lowest BCUT2D eigenvalue weighted by Crippen LogP contribution is -2.58. The fraction of sp³-hybridized carbons (Fsp3) is 0.541. The molecule has 9 heterocycles. The van der Waals surface area contributed by atoms with Crippen molar-refractivity contribution in [3.8, 4) is 22.9 Å². The number of nitrogens with zero attached hydrogens (tertiary/aromatic N) is 5. The van der Waals surface area contributed by atoms with Gasteiger partial charge in [0.05, 0.1) is 37.5 Å². The maximum atomic E-state index is 17.4. The molecule has 0 aliphatic carbocycles. The van der Waals surface area contributed by atoms with Crippen molar-refractivity contribution in [3.63, 3.8) is 0 Å². The van der Waals surface area contributed by atoms with Gasteiger partial charge in [0, 0.05) is 61.7 Å². The molecule has 5 atom stereocenters. The average molecular weight is 685 g/mol. The zero-order valence-electron chi connectivity index (χ0n) is 27.6. The molecule has 2 bridgehead atoms. The Hall–Kier alpha value is -3.91. The Morgan fingerprint density at radius 2 is 2.00 bits per heavy atom. The summed E-state index contributed by atoms with van der Waals surface area (Å²) in [5, 5.41) is 16.0. The fourth-order valence-electron chi connectivity index (χ4n) is 10.7. The first-order valence-corrected chi connectivity index (χ1v) is 17.9. The van der Waals surface area contributed by atoms with Crippen molar-refractivity contribution in [1.82, 2.24) is 24.8 Å². The van der Waals surface area contributed by atoms with Gasteiger partial charge in [0.15, 0.2) is 11.6 Å². The highest BCUT2D eigenvalue weighted by Gasteiger charge is 2.61. The summed E-state index contributed by atoms with van der Waals surface area (Å²) in [5.41, 5.74) is 1.41. The molecule has 13 heteroatoms. The number of aromatic nitrogens is 3. The maximum Gasteiger partial charge on any atom is 0.319 e. The molecule has 4 aromatic rings. The van der Waals surface area contributed by atoms with E-state index in [0.717, 1.165) is 36.9 Å². The van der Waals surface area contributed by atoms with Crippen molar-refractivity contribution in [3.05, 3.63) is 51.6 Å². The zero-order chi connectivity index (χ0) is 33.5. The van der Waals surface area contributed by atoms with Gasteiger partial charge in [-0.1, -0.05) is 12.1 Å². The van der Waals surface area contributed by atoms with Gasteiger partial charge in [0.25, 0.3) is 5.56 Å². The highest BCUT2D eigenvalue weighted by atomic mass is 19.1. The van der Waals surface area contributed by atoms with Crippen LogP contribution >= 0.6 is 0 Å². The molecule has 0 radical (unpaired) electrons. The molecule has 2 N–H and O–H groups in total. The Labute approximate surface area is 286 Å². The van der Waals surface area contributed by atoms with Gasteiger partial charge in [-0.2, -0.15) is 9.97 Å². The average Bonchev–Trinajstić information content (AvgIpc) is 3.83. The van der Waals surface area contributed by atoms with Crippen molar-refractivity contribution in [2.45, 2.75) is 81.7 Å². The molecule has 5 fully saturated rings. The first-order chi connectivity index (χ1) is 24.3. The van der Waals surface area contributed by atoms with Crippen LogP contribution in [0.4, 0.5) is 14.6 Å². The van der Waals surface area contributed by atoms with Crippen LogP contribution < -0.4 is 20.5 Å². The van der Waals surface area contributed by atoms with Crippen LogP contribution in [-0.2, 0) is 29.2 Å². The summed E-state index contributed by atoms with van der Waals surface area (Å²) in [5.74, 6) is -0.334. The predicted octanol–water partition coefficient (Wildman–Crippen LogP) is 3.78. The second-order valence-electron chi connectivity index (χ2n) is 15.9. The molecule has 2 aromatic heterocycles. The van der Waals surface area contributed by atoms with Gasteiger partial charge in [-0.05, 0) is 59.7 Å². The predicted molar refractivity (Wildman–Crippen MR) is 180 cm³/mol. The number of anilines is 1. The number of halogens is 2. The Kier molecular flexibility index (Phi) is 6.16. The Morgan fingerprint density at radius 1 is 1.10 bits per heavy atom. The van der Waals surface area contributed by atoms with Crippen LogP contribution in [0.25, 0.3) is 32.9 Å². The molecule has 5 saturated heterocycles. The summed E-state index contributed by atoms with van der Waals surface area (Å²) in [6, 6.07) is 7.50. The summed E-state index contributed by atoms with van der Waals surface area (Å²) < 4.78 is 51.8. The fourth-order valence-corrected chi connectivity index (χ4v) is 10.7. The summed E-state index contributed by atoms with van der Waals surface area (Å²) >= 11 is 0. The van der Waals surface area contributed by atoms with Gasteiger partial charge in [-0.15, -0.1) is 0 Å². The number of ether oxygens (including phenoxy) is 3. The molecule has 50 heavy (non-hydrogen) atoms. The Balaban J connectivity index is 1.10. The second kappa shape index (κ2) is 10.3. The second-order valence-corrected chi connectivity index (χ2v) is 15.9. The van der Waals surface area contributed by atoms with Crippen LogP contribution in [0.5, 0.6) is 11.8 Å². The minimum absolute atomic E-state index is 0.00544. The van der Waals surface area contributed by atoms with E-state index in [9.17, 15) is 14.3 Å². The quantitative estimate of drug-likeness (QED) is 0.330. The third-order valence-corrected chi connectivity index (χ3v) is 12.8. The van der Waals surface area contributed by atoms with E-state index in [1.165, 1.54) is 6.07 Å². The van der Waals surface area contributed by atoms with E-state index in [4.69, 9.17) is 24.2 Å². The first-order valence-electron chi connectivity index (χ1n) is 17.9. The Morgan fingerprint density at radius 3 is 2.86 bits per heavy atom. The molecule has 0 saturated carbocycles. The topological polar surface area (TPSA) is 114 Å². The van der Waals surface area contributed by atoms with Crippen LogP contribution in [0, 0.1) is 11.2 Å². The minimum Gasteiger partial charge on any atom is -0.508 e. The molecular formula is C37H38F2N6O5. The van der Waals surface area contributed by atoms with Crippen molar-refractivity contribution < 1.29 is 28.1 Å². The van der Waals surface area contributed by atoms with Crippen LogP contribution in [0.15, 0.2) is 29.1 Å². The van der Waals surface area contributed by atoms with E-state index in [1.54, 1.807) is 10.6 Å². The smallest absolute Gasteiger partial charge is 0.319 e. The van der Waals surface area contributed by atoms with Gasteiger partial charge < -0.3 is 34.1 Å². The molecule has 7 aliphatic heterocycles. The van der Waals surface area contributed by atoms with E-state index < -0.39 is 23.1 Å². The number of pyridine rings is 1. The maximum absolute atomic E-state index is 17.4. The molecule has 0 amide bonds. The third kappa shape index (κ3) is 4.11. The number of piperazine rings is 1. The molecular weight excluding hydrogens is 646 g/mol. The number of hydrogen-bond donors (Lipinski definition) is 2. The number of phenols is 1. The number of nitrogens with one attached hydrogen (secondary N) is 1. The standard InChI is InChI=1S/C37H38F2N6O5/c38-21-9-37(14-36(16-49-17-36)15-43(37)10-21)18-50-35-41-31-30(39)29(24-8-23(46)7-19-1-2-20-12-48-13-25(20)28(19)24)34(47)44-6-5-27-26-4-3-22(40-26)11-45(27)33(42-35)32(31)44/h1-2,7-8,21-22,26-27,40,46H,3-6,9-18H2/t21-,22?,26?,27?,37-/m1/s1. The summed E-state index contributed by atoms with van der Waals surface area (Å²) in [4.78, 5) is 28.8. The van der Waals surface area contributed by atoms with Crippen LogP contribution in [0.3, 0.4) is 0 Å². The number of benzene rings is 2. The van der Waals surface area contributed by atoms with E-state index >= 15 is 4.39 Å². The van der Waals surface area contributed by atoms with E-state index in [1.807, 2.05) is 12.1 Å². The molecule has 7 aliphatic rings. The van der Waals surface area contributed by atoms with Crippen molar-refractivity contribution in [2.75, 3.05) is 44.4 Å². The molecule has 260 valence electrons. The summed E-state index contributed by atoms with van der Waals surface area (Å²) in [6.45, 7) is 4.42. The van der Waals surface area contributed by atoms with Gasteiger partial charge in [0.2, 0.25) is 0 Å². The van der Waals surface area contributed by atoms with E-state index in [-0.39, 0.29) is 53.0 Å². The number of rotatable bonds is 4. The first kappa shape index (κ1) is 29.8. The van der Waals surface area contributed by atoms with Crippen LogP contribution in [0.2, 0.25) is 0 Å². The van der Waals surface area contributed by atoms with E-state index in [0.29, 0.717) is 86.6 Å². The SMILES string of the molecule is O=c1c(-c2cc(O)cc3ccc4c(c23)COC4)c(F)c2nc(OC[C@]34C[C@@H](F)CN3CC3(COC3)C4)nc3c2n1CCC1C2CCC(CN31)N2. The number of aromatic hydroxyl groups is 1. The number of hydrogen-bond acceptors (Lipinski definition) is 10. The van der Waals surface area contributed by atoms with E-state index in [2.05, 4.69) is 15.1 Å². The largest absolute Gasteiger partial charge is 0.508 e. The van der Waals surface area contributed by atoms with Crippen molar-refractivity contribution >= 4 is 27.6 Å². The van der Waals surface area contributed by atoms with Crippen molar-refractivity contribution in [2.24, 2.45) is 5.41 Å². The third-order valence-electron chi connectivity index (χ3n) is 12.8. The zero-order valence-corrected chi connectivity index (χ0v) is 27.6. The molecule has 1 spiro atoms. The van der Waals surface area contributed by atoms with Crippen LogP contribution in [-0.4, -0.2) is 93.8 Å². The highest BCUT2D eigenvalue weighted by molar-refractivity contribution is 6.02. The van der Waals surface area contributed by atoms with Crippen molar-refractivity contribution in [1.29, 1.82) is 0 Å². The van der Waals surface area contributed by atoms with Gasteiger partial charge in [-0.25, -0.2) is 8.78 Å². The lowest BCUT2D eigenvalue weighted by molar-refractivity contribution is -0.108. The monoisotopic (exact) mass is 684 g/mol. The highest BCUT2D eigenvalue weighted by Crippen LogP contribution is 2.52. The number of fused-ring (bicyclic) bond motifs is 9. The Bertz CT molecular complexity index is 2190. The summed E-state index contributed by atoms with van der Waals surface area (Å²) in [6.07, 6.45) is 2.90. The molecule has 11 nitrogen and oxygen atoms in total. The molecule has 11 rings (SSSR count). The van der Waals surface area contributed by atoms with Gasteiger partial charge in [-0.3, -0.25) is 9.69 Å². The number of phenolic OH excluding ortho intramolecular Hbond substituents is 1. The van der Waals surface area contributed by atoms with Gasteiger partial charge in [0.1, 0.15) is 29.6 Å². The molecule has 2 aromatic carbocycles. The number of alkyl halides is 1. The van der Waals surface area contributed by atoms with Crippen LogP contribution in [0.1, 0.15) is 43.2 Å². The molecule has 3 unspecified atom stereocenters. The summed E-state index contributed by atoms with van der Waals surface area (Å²) in [7, 11) is 0. The normalized spacial score (nSPS) is 30.5. The minimum atomic E-state index is -0.949. The van der Waals surface area contributed by atoms with Gasteiger partial charge >= 0.3 is 6.01 Å². The lowest BCUT2D eigenvalue weighted by Gasteiger charge is -2.41.